The summed E-state index contributed by atoms with van der Waals surface area (Å²) in [5.41, 5.74) is 6.53. The van der Waals surface area contributed by atoms with Crippen molar-refractivity contribution in [3.05, 3.63) is 29.8 Å². The lowest BCUT2D eigenvalue weighted by molar-refractivity contribution is 0.0583. The molecule has 1 saturated carbocycles. The van der Waals surface area contributed by atoms with E-state index in [9.17, 15) is 13.2 Å². The lowest BCUT2D eigenvalue weighted by Gasteiger charge is -2.38. The fourth-order valence-corrected chi connectivity index (χ4v) is 4.49. The van der Waals surface area contributed by atoms with Crippen molar-refractivity contribution in [2.24, 2.45) is 5.73 Å². The van der Waals surface area contributed by atoms with E-state index in [1.54, 1.807) is 12.1 Å². The first-order valence-electron chi connectivity index (χ1n) is 8.57. The Kier molecular flexibility index (Phi) is 6.48. The second-order valence-electron chi connectivity index (χ2n) is 6.84. The number of likely N-dealkylation sites (tertiary alicyclic amines) is 1. The molecule has 8 heteroatoms. The van der Waals surface area contributed by atoms with Crippen molar-refractivity contribution < 1.29 is 13.2 Å². The van der Waals surface area contributed by atoms with Gasteiger partial charge in [0, 0.05) is 30.2 Å². The van der Waals surface area contributed by atoms with E-state index in [-0.39, 0.29) is 41.3 Å². The number of sulfonamides is 1. The van der Waals surface area contributed by atoms with Crippen molar-refractivity contribution in [1.29, 1.82) is 0 Å². The molecule has 1 heterocycles. The molecule has 2 atom stereocenters. The molecule has 3 N–H and O–H groups in total. The minimum absolute atomic E-state index is 0. The Bertz CT molecular complexity index is 702. The molecule has 1 saturated heterocycles. The number of nitrogens with zero attached hydrogens (tertiary/aromatic N) is 1. The van der Waals surface area contributed by atoms with E-state index in [1.165, 1.54) is 12.1 Å². The summed E-state index contributed by atoms with van der Waals surface area (Å²) in [5.74, 6) is -0.0731. The molecule has 3 rings (SSSR count). The highest BCUT2D eigenvalue weighted by Crippen LogP contribution is 2.24. The first-order chi connectivity index (χ1) is 11.4. The normalized spacial score (nSPS) is 22.2. The largest absolute Gasteiger partial charge is 0.334 e. The van der Waals surface area contributed by atoms with E-state index < -0.39 is 10.0 Å². The van der Waals surface area contributed by atoms with Crippen LogP contribution in [-0.4, -0.2) is 43.9 Å². The highest BCUT2D eigenvalue weighted by atomic mass is 35.5. The number of hydrogen-bond acceptors (Lipinski definition) is 4. The van der Waals surface area contributed by atoms with Crippen LogP contribution >= 0.6 is 12.4 Å². The summed E-state index contributed by atoms with van der Waals surface area (Å²) in [6.07, 6.45) is 4.76. The molecule has 140 valence electrons. The van der Waals surface area contributed by atoms with Crippen LogP contribution in [0.1, 0.15) is 49.4 Å². The molecular formula is C17H26ClN3O3S. The molecule has 1 amide bonds. The Morgan fingerprint density at radius 1 is 1.20 bits per heavy atom. The van der Waals surface area contributed by atoms with Gasteiger partial charge in [0.15, 0.2) is 0 Å². The van der Waals surface area contributed by atoms with Gasteiger partial charge in [0.25, 0.3) is 5.91 Å². The molecule has 2 aliphatic rings. The number of piperidine rings is 1. The summed E-state index contributed by atoms with van der Waals surface area (Å²) in [6.45, 7) is 2.63. The quantitative estimate of drug-likeness (QED) is 0.806. The number of carbonyl (C=O) groups is 1. The summed E-state index contributed by atoms with van der Waals surface area (Å²) in [5, 5.41) is 0. The van der Waals surface area contributed by atoms with E-state index >= 15 is 0 Å². The molecule has 25 heavy (non-hydrogen) atoms. The second kappa shape index (κ2) is 8.03. The Balaban J connectivity index is 0.00000225. The number of nitrogens with two attached hydrogens (primary N) is 1. The SMILES string of the molecule is CC(N)C1CCCCN1C(=O)c1ccc(S(=O)(=O)NC2CC2)cc1.Cl. The maximum absolute atomic E-state index is 12.8. The van der Waals surface area contributed by atoms with Crippen LogP contribution in [-0.2, 0) is 10.0 Å². The first-order valence-corrected chi connectivity index (χ1v) is 10.1. The van der Waals surface area contributed by atoms with Crippen molar-refractivity contribution in [1.82, 2.24) is 9.62 Å². The van der Waals surface area contributed by atoms with Gasteiger partial charge in [-0.05, 0) is 63.3 Å². The third-order valence-corrected chi connectivity index (χ3v) is 6.26. The van der Waals surface area contributed by atoms with Gasteiger partial charge in [-0.25, -0.2) is 13.1 Å². The maximum Gasteiger partial charge on any atom is 0.254 e. The van der Waals surface area contributed by atoms with Crippen LogP contribution < -0.4 is 10.5 Å². The summed E-state index contributed by atoms with van der Waals surface area (Å²) >= 11 is 0. The van der Waals surface area contributed by atoms with Crippen LogP contribution in [0.4, 0.5) is 0 Å². The van der Waals surface area contributed by atoms with Gasteiger partial charge in [0.1, 0.15) is 0 Å². The third kappa shape index (κ3) is 4.73. The molecule has 0 radical (unpaired) electrons. The maximum atomic E-state index is 12.8. The van der Waals surface area contributed by atoms with Crippen LogP contribution in [0.25, 0.3) is 0 Å². The molecule has 0 aromatic heterocycles. The Labute approximate surface area is 155 Å². The summed E-state index contributed by atoms with van der Waals surface area (Å²) < 4.78 is 27.0. The number of hydrogen-bond donors (Lipinski definition) is 2. The Morgan fingerprint density at radius 2 is 1.84 bits per heavy atom. The highest BCUT2D eigenvalue weighted by molar-refractivity contribution is 7.89. The summed E-state index contributed by atoms with van der Waals surface area (Å²) in [6, 6.07) is 6.23. The molecule has 2 fully saturated rings. The zero-order valence-electron chi connectivity index (χ0n) is 14.3. The number of amides is 1. The van der Waals surface area contributed by atoms with Crippen LogP contribution in [0.15, 0.2) is 29.2 Å². The van der Waals surface area contributed by atoms with Crippen molar-refractivity contribution >= 4 is 28.3 Å². The number of benzene rings is 1. The standard InChI is InChI=1S/C17H25N3O3S.ClH/c1-12(18)16-4-2-3-11-20(16)17(21)13-5-9-15(10-6-13)24(22,23)19-14-7-8-14;/h5-6,9-10,12,14,16,19H,2-4,7-8,11,18H2,1H3;1H. The van der Waals surface area contributed by atoms with Gasteiger partial charge in [0.05, 0.1) is 4.90 Å². The van der Waals surface area contributed by atoms with E-state index in [0.717, 1.165) is 32.1 Å². The van der Waals surface area contributed by atoms with Crippen LogP contribution in [0.2, 0.25) is 0 Å². The fraction of sp³-hybridized carbons (Fsp3) is 0.588. The topological polar surface area (TPSA) is 92.5 Å². The van der Waals surface area contributed by atoms with Gasteiger partial charge in [-0.3, -0.25) is 4.79 Å². The number of carbonyl (C=O) groups excluding carboxylic acids is 1. The monoisotopic (exact) mass is 387 g/mol. The van der Waals surface area contributed by atoms with Gasteiger partial charge in [-0.15, -0.1) is 12.4 Å². The Morgan fingerprint density at radius 3 is 2.40 bits per heavy atom. The predicted molar refractivity (Wildman–Crippen MR) is 99.4 cm³/mol. The number of nitrogens with one attached hydrogen (secondary N) is 1. The van der Waals surface area contributed by atoms with Crippen LogP contribution in [0.3, 0.4) is 0 Å². The fourth-order valence-electron chi connectivity index (χ4n) is 3.19. The van der Waals surface area contributed by atoms with E-state index in [2.05, 4.69) is 4.72 Å². The Hall–Kier alpha value is -1.15. The average molecular weight is 388 g/mol. The van der Waals surface area contributed by atoms with E-state index in [1.807, 2.05) is 11.8 Å². The summed E-state index contributed by atoms with van der Waals surface area (Å²) in [4.78, 5) is 14.8. The van der Waals surface area contributed by atoms with Gasteiger partial charge in [0.2, 0.25) is 10.0 Å². The molecule has 1 aromatic rings. The van der Waals surface area contributed by atoms with Crippen molar-refractivity contribution in [3.8, 4) is 0 Å². The first kappa shape index (κ1) is 20.2. The zero-order valence-corrected chi connectivity index (χ0v) is 16.0. The molecule has 0 bridgehead atoms. The van der Waals surface area contributed by atoms with Crippen molar-refractivity contribution in [2.75, 3.05) is 6.54 Å². The zero-order chi connectivity index (χ0) is 17.3. The molecule has 0 spiro atoms. The highest BCUT2D eigenvalue weighted by Gasteiger charge is 2.31. The molecule has 1 aliphatic carbocycles. The predicted octanol–water partition coefficient (Wildman–Crippen LogP) is 1.89. The van der Waals surface area contributed by atoms with Gasteiger partial charge in [-0.2, -0.15) is 0 Å². The van der Waals surface area contributed by atoms with E-state index in [4.69, 9.17) is 5.73 Å². The third-order valence-electron chi connectivity index (χ3n) is 4.73. The van der Waals surface area contributed by atoms with Gasteiger partial charge < -0.3 is 10.6 Å². The van der Waals surface area contributed by atoms with Crippen molar-refractivity contribution in [3.63, 3.8) is 0 Å². The summed E-state index contributed by atoms with van der Waals surface area (Å²) in [7, 11) is -3.48. The molecule has 1 aliphatic heterocycles. The van der Waals surface area contributed by atoms with E-state index in [0.29, 0.717) is 12.1 Å². The number of halogens is 1. The minimum Gasteiger partial charge on any atom is -0.334 e. The molecule has 6 nitrogen and oxygen atoms in total. The number of rotatable bonds is 5. The smallest absolute Gasteiger partial charge is 0.254 e. The average Bonchev–Trinajstić information content (AvgIpc) is 3.37. The van der Waals surface area contributed by atoms with Gasteiger partial charge >= 0.3 is 0 Å². The van der Waals surface area contributed by atoms with Gasteiger partial charge in [-0.1, -0.05) is 0 Å². The van der Waals surface area contributed by atoms with Crippen LogP contribution in [0.5, 0.6) is 0 Å². The molecule has 1 aromatic carbocycles. The second-order valence-corrected chi connectivity index (χ2v) is 8.55. The molecular weight excluding hydrogens is 362 g/mol. The lowest BCUT2D eigenvalue weighted by atomic mass is 9.96. The molecule has 2 unspecified atom stereocenters. The van der Waals surface area contributed by atoms with Crippen molar-refractivity contribution in [2.45, 2.75) is 62.0 Å². The van der Waals surface area contributed by atoms with Crippen LogP contribution in [0, 0.1) is 0 Å². The lowest BCUT2D eigenvalue weighted by Crippen LogP contribution is -2.51. The minimum atomic E-state index is -3.48.